The normalized spacial score (nSPS) is 10.7. The maximum atomic E-state index is 11.9. The molecule has 0 saturated heterocycles. The van der Waals surface area contributed by atoms with Gasteiger partial charge in [-0.1, -0.05) is 12.1 Å². The Kier molecular flexibility index (Phi) is 9.39. The number of carbonyl (C=O) groups is 1. The minimum Gasteiger partial charge on any atom is -0.352 e. The maximum absolute atomic E-state index is 11.9. The molecule has 0 unspecified atom stereocenters. The summed E-state index contributed by atoms with van der Waals surface area (Å²) < 4.78 is 0. The fraction of sp³-hybridized carbons (Fsp3) is 0.294. The zero-order valence-corrected chi connectivity index (χ0v) is 17.0. The molecule has 2 rings (SSSR count). The van der Waals surface area contributed by atoms with E-state index in [1.165, 1.54) is 5.56 Å². The van der Waals surface area contributed by atoms with Gasteiger partial charge in [-0.3, -0.25) is 9.79 Å². The highest BCUT2D eigenvalue weighted by Gasteiger charge is 2.05. The van der Waals surface area contributed by atoms with E-state index >= 15 is 0 Å². The molecule has 1 aromatic carbocycles. The average Bonchev–Trinajstić information content (AvgIpc) is 3.09. The lowest BCUT2D eigenvalue weighted by Crippen LogP contribution is -2.36. The van der Waals surface area contributed by atoms with Crippen LogP contribution in [0, 0.1) is 0 Å². The molecule has 7 heteroatoms. The summed E-state index contributed by atoms with van der Waals surface area (Å²) in [4.78, 5) is 16.1. The van der Waals surface area contributed by atoms with Crippen molar-refractivity contribution in [2.75, 3.05) is 13.6 Å². The fourth-order valence-corrected chi connectivity index (χ4v) is 2.74. The van der Waals surface area contributed by atoms with Crippen LogP contribution in [0.2, 0.25) is 0 Å². The Balaban J connectivity index is 0.00000288. The van der Waals surface area contributed by atoms with Crippen LogP contribution in [-0.4, -0.2) is 25.5 Å². The summed E-state index contributed by atoms with van der Waals surface area (Å²) in [6.45, 7) is 3.88. The minimum absolute atomic E-state index is 0. The summed E-state index contributed by atoms with van der Waals surface area (Å²) in [6.07, 6.45) is 0. The van der Waals surface area contributed by atoms with Crippen LogP contribution in [0.5, 0.6) is 0 Å². The highest BCUT2D eigenvalue weighted by atomic mass is 127. The Morgan fingerprint density at radius 1 is 1.12 bits per heavy atom. The molecule has 0 aliphatic carbocycles. The third kappa shape index (κ3) is 6.48. The summed E-state index contributed by atoms with van der Waals surface area (Å²) in [6, 6.07) is 9.67. The first kappa shape index (κ1) is 20.4. The van der Waals surface area contributed by atoms with E-state index < -0.39 is 0 Å². The quantitative estimate of drug-likeness (QED) is 0.354. The van der Waals surface area contributed by atoms with Crippen LogP contribution >= 0.6 is 35.3 Å². The smallest absolute Gasteiger partial charge is 0.251 e. The second kappa shape index (κ2) is 11.0. The van der Waals surface area contributed by atoms with E-state index in [1.54, 1.807) is 18.4 Å². The predicted molar refractivity (Wildman–Crippen MR) is 111 cm³/mol. The van der Waals surface area contributed by atoms with Crippen molar-refractivity contribution in [1.82, 2.24) is 16.0 Å². The van der Waals surface area contributed by atoms with Gasteiger partial charge in [0.2, 0.25) is 0 Å². The van der Waals surface area contributed by atoms with Crippen LogP contribution in [0.4, 0.5) is 0 Å². The average molecular weight is 458 g/mol. The lowest BCUT2D eigenvalue weighted by Gasteiger charge is -2.12. The number of hydrogen-bond acceptors (Lipinski definition) is 3. The molecule has 0 fully saturated rings. The van der Waals surface area contributed by atoms with E-state index in [2.05, 4.69) is 37.8 Å². The third-order valence-corrected chi connectivity index (χ3v) is 3.98. The Bertz CT molecular complexity index is 658. The standard InChI is InChI=1S/C17H22N4OS.HI/c1-3-19-16(22)15-6-4-5-13(9-15)10-20-17(18-2)21-11-14-7-8-23-12-14;/h4-9,12H,3,10-11H2,1-2H3,(H,19,22)(H2,18,20,21);1H. The minimum atomic E-state index is -0.0469. The molecule has 0 aliphatic heterocycles. The van der Waals surface area contributed by atoms with Crippen molar-refractivity contribution >= 4 is 47.2 Å². The number of nitrogens with one attached hydrogen (secondary N) is 3. The van der Waals surface area contributed by atoms with Gasteiger partial charge in [0.1, 0.15) is 0 Å². The number of aliphatic imine (C=N–C) groups is 1. The summed E-state index contributed by atoms with van der Waals surface area (Å²) in [5.74, 6) is 0.689. The van der Waals surface area contributed by atoms with Crippen molar-refractivity contribution in [2.24, 2.45) is 4.99 Å². The second-order valence-electron chi connectivity index (χ2n) is 4.97. The maximum Gasteiger partial charge on any atom is 0.251 e. The van der Waals surface area contributed by atoms with Crippen molar-refractivity contribution in [1.29, 1.82) is 0 Å². The number of thiophene rings is 1. The molecule has 0 radical (unpaired) electrons. The topological polar surface area (TPSA) is 65.5 Å². The summed E-state index contributed by atoms with van der Waals surface area (Å²) in [5.41, 5.74) is 2.94. The van der Waals surface area contributed by atoms with E-state index in [0.717, 1.165) is 18.1 Å². The molecule has 0 aliphatic rings. The van der Waals surface area contributed by atoms with E-state index in [4.69, 9.17) is 0 Å². The summed E-state index contributed by atoms with van der Waals surface area (Å²) in [5, 5.41) is 13.5. The Morgan fingerprint density at radius 2 is 1.88 bits per heavy atom. The SMILES string of the molecule is CCNC(=O)c1cccc(CNC(=NC)NCc2ccsc2)c1.I. The van der Waals surface area contributed by atoms with Crippen LogP contribution in [0.15, 0.2) is 46.1 Å². The molecule has 3 N–H and O–H groups in total. The number of benzene rings is 1. The first-order valence-corrected chi connectivity index (χ1v) is 8.50. The number of guanidine groups is 1. The monoisotopic (exact) mass is 458 g/mol. The van der Waals surface area contributed by atoms with Gasteiger partial charge in [0.15, 0.2) is 5.96 Å². The molecule has 2 aromatic rings. The molecule has 0 saturated carbocycles. The van der Waals surface area contributed by atoms with E-state index in [0.29, 0.717) is 18.7 Å². The molecule has 1 aromatic heterocycles. The van der Waals surface area contributed by atoms with E-state index in [1.807, 2.05) is 31.2 Å². The lowest BCUT2D eigenvalue weighted by atomic mass is 10.1. The fourth-order valence-electron chi connectivity index (χ4n) is 2.07. The van der Waals surface area contributed by atoms with Gasteiger partial charge in [-0.05, 0) is 47.0 Å². The molecule has 1 amide bonds. The first-order chi connectivity index (χ1) is 11.2. The van der Waals surface area contributed by atoms with Gasteiger partial charge in [0.25, 0.3) is 5.91 Å². The molecule has 130 valence electrons. The highest BCUT2D eigenvalue weighted by molar-refractivity contribution is 14.0. The van der Waals surface area contributed by atoms with Crippen LogP contribution in [0.25, 0.3) is 0 Å². The summed E-state index contributed by atoms with van der Waals surface area (Å²) in [7, 11) is 1.74. The van der Waals surface area contributed by atoms with Gasteiger partial charge < -0.3 is 16.0 Å². The first-order valence-electron chi connectivity index (χ1n) is 7.55. The van der Waals surface area contributed by atoms with Gasteiger partial charge in [0.05, 0.1) is 0 Å². The van der Waals surface area contributed by atoms with Gasteiger partial charge in [-0.2, -0.15) is 11.3 Å². The van der Waals surface area contributed by atoms with E-state index in [9.17, 15) is 4.79 Å². The Morgan fingerprint density at radius 3 is 2.50 bits per heavy atom. The molecule has 0 bridgehead atoms. The third-order valence-electron chi connectivity index (χ3n) is 3.25. The molecular weight excluding hydrogens is 435 g/mol. The molecule has 24 heavy (non-hydrogen) atoms. The zero-order valence-electron chi connectivity index (χ0n) is 13.8. The number of amides is 1. The van der Waals surface area contributed by atoms with Crippen molar-refractivity contribution < 1.29 is 4.79 Å². The van der Waals surface area contributed by atoms with Gasteiger partial charge >= 0.3 is 0 Å². The Labute approximate surface area is 164 Å². The van der Waals surface area contributed by atoms with Crippen LogP contribution in [0.3, 0.4) is 0 Å². The number of halogens is 1. The zero-order chi connectivity index (χ0) is 16.5. The highest BCUT2D eigenvalue weighted by Crippen LogP contribution is 2.06. The lowest BCUT2D eigenvalue weighted by molar-refractivity contribution is 0.0955. The number of hydrogen-bond donors (Lipinski definition) is 3. The van der Waals surface area contributed by atoms with Crippen LogP contribution in [0.1, 0.15) is 28.4 Å². The predicted octanol–water partition coefficient (Wildman–Crippen LogP) is 2.98. The van der Waals surface area contributed by atoms with Crippen molar-refractivity contribution in [3.05, 3.63) is 57.8 Å². The molecule has 5 nitrogen and oxygen atoms in total. The largest absolute Gasteiger partial charge is 0.352 e. The number of carbonyl (C=O) groups excluding carboxylic acids is 1. The van der Waals surface area contributed by atoms with Crippen molar-refractivity contribution in [3.63, 3.8) is 0 Å². The Hall–Kier alpha value is -1.61. The van der Waals surface area contributed by atoms with Crippen molar-refractivity contribution in [3.8, 4) is 0 Å². The molecule has 0 spiro atoms. The van der Waals surface area contributed by atoms with Crippen molar-refractivity contribution in [2.45, 2.75) is 20.0 Å². The van der Waals surface area contributed by atoms with Gasteiger partial charge in [0, 0.05) is 32.2 Å². The summed E-state index contributed by atoms with van der Waals surface area (Å²) >= 11 is 1.68. The molecule has 0 atom stereocenters. The molecular formula is C17H23IN4OS. The molecule has 1 heterocycles. The van der Waals surface area contributed by atoms with Gasteiger partial charge in [-0.15, -0.1) is 24.0 Å². The van der Waals surface area contributed by atoms with Crippen LogP contribution in [-0.2, 0) is 13.1 Å². The number of nitrogens with zero attached hydrogens (tertiary/aromatic N) is 1. The second-order valence-corrected chi connectivity index (χ2v) is 5.75. The number of rotatable bonds is 6. The van der Waals surface area contributed by atoms with Crippen LogP contribution < -0.4 is 16.0 Å². The van der Waals surface area contributed by atoms with E-state index in [-0.39, 0.29) is 29.9 Å². The van der Waals surface area contributed by atoms with Gasteiger partial charge in [-0.25, -0.2) is 0 Å².